The van der Waals surface area contributed by atoms with Crippen molar-refractivity contribution in [3.63, 3.8) is 0 Å². The van der Waals surface area contributed by atoms with Gasteiger partial charge in [-0.2, -0.15) is 0 Å². The third-order valence-corrected chi connectivity index (χ3v) is 6.70. The predicted molar refractivity (Wildman–Crippen MR) is 122 cm³/mol. The molecule has 0 spiro atoms. The van der Waals surface area contributed by atoms with Gasteiger partial charge in [0.2, 0.25) is 11.8 Å². The molecule has 0 aliphatic carbocycles. The van der Waals surface area contributed by atoms with Gasteiger partial charge in [0.1, 0.15) is 5.75 Å². The zero-order valence-corrected chi connectivity index (χ0v) is 19.4. The second-order valence-corrected chi connectivity index (χ2v) is 10.2. The molecule has 32 heavy (non-hydrogen) atoms. The van der Waals surface area contributed by atoms with E-state index < -0.39 is 9.84 Å². The van der Waals surface area contributed by atoms with Gasteiger partial charge in [-0.05, 0) is 36.6 Å². The molecule has 0 bridgehead atoms. The lowest BCUT2D eigenvalue weighted by molar-refractivity contribution is -0.134. The maximum atomic E-state index is 12.8. The van der Waals surface area contributed by atoms with Crippen LogP contribution >= 0.6 is 0 Å². The highest BCUT2D eigenvalue weighted by Gasteiger charge is 2.35. The third kappa shape index (κ3) is 6.56. The van der Waals surface area contributed by atoms with E-state index >= 15 is 0 Å². The Hall–Kier alpha value is -2.87. The van der Waals surface area contributed by atoms with Gasteiger partial charge in [0.25, 0.3) is 0 Å². The van der Waals surface area contributed by atoms with Crippen LogP contribution in [-0.4, -0.2) is 69.6 Å². The van der Waals surface area contributed by atoms with Crippen LogP contribution in [0.1, 0.15) is 18.4 Å². The van der Waals surface area contributed by atoms with Gasteiger partial charge in [-0.3, -0.25) is 9.59 Å². The lowest BCUT2D eigenvalue weighted by Gasteiger charge is -2.21. The quantitative estimate of drug-likeness (QED) is 0.511. The zero-order chi connectivity index (χ0) is 23.1. The fourth-order valence-electron chi connectivity index (χ4n) is 3.77. The Labute approximate surface area is 189 Å². The molecule has 0 radical (unpaired) electrons. The summed E-state index contributed by atoms with van der Waals surface area (Å²) < 4.78 is 28.9. The Bertz CT molecular complexity index is 1040. The van der Waals surface area contributed by atoms with Crippen molar-refractivity contribution in [1.29, 1.82) is 0 Å². The van der Waals surface area contributed by atoms with Crippen LogP contribution in [0, 0.1) is 5.92 Å². The molecule has 0 N–H and O–H groups in total. The Kier molecular flexibility index (Phi) is 7.90. The molecule has 1 aliphatic heterocycles. The number of rotatable bonds is 10. The fourth-order valence-corrected chi connectivity index (χ4v) is 4.43. The SMILES string of the molecule is CN(CCCOc1cccc(S(C)(=O)=O)c1)C(=O)C1CC(=O)N(CCc2ccccc2)C1. The number of hydrogen-bond acceptors (Lipinski definition) is 5. The van der Waals surface area contributed by atoms with Crippen LogP contribution in [0.25, 0.3) is 0 Å². The second kappa shape index (κ2) is 10.6. The van der Waals surface area contributed by atoms with E-state index in [2.05, 4.69) is 0 Å². The van der Waals surface area contributed by atoms with Crippen LogP contribution < -0.4 is 4.74 Å². The Balaban J connectivity index is 1.41. The van der Waals surface area contributed by atoms with Crippen molar-refractivity contribution in [2.75, 3.05) is 39.5 Å². The smallest absolute Gasteiger partial charge is 0.227 e. The number of benzene rings is 2. The maximum Gasteiger partial charge on any atom is 0.227 e. The Morgan fingerprint density at radius 3 is 2.62 bits per heavy atom. The molecule has 7 nitrogen and oxygen atoms in total. The minimum absolute atomic E-state index is 0.0281. The van der Waals surface area contributed by atoms with Gasteiger partial charge in [0, 0.05) is 39.4 Å². The monoisotopic (exact) mass is 458 g/mol. The van der Waals surface area contributed by atoms with Gasteiger partial charge >= 0.3 is 0 Å². The Morgan fingerprint density at radius 2 is 1.91 bits per heavy atom. The molecule has 1 saturated heterocycles. The molecule has 2 aromatic carbocycles. The first-order chi connectivity index (χ1) is 15.2. The summed E-state index contributed by atoms with van der Waals surface area (Å²) in [4.78, 5) is 28.7. The van der Waals surface area contributed by atoms with E-state index in [4.69, 9.17) is 4.74 Å². The first-order valence-electron chi connectivity index (χ1n) is 10.7. The second-order valence-electron chi connectivity index (χ2n) is 8.19. The molecule has 1 atom stereocenters. The van der Waals surface area contributed by atoms with Crippen molar-refractivity contribution in [3.05, 3.63) is 60.2 Å². The highest BCUT2D eigenvalue weighted by atomic mass is 32.2. The highest BCUT2D eigenvalue weighted by Crippen LogP contribution is 2.21. The van der Waals surface area contributed by atoms with E-state index in [1.54, 1.807) is 29.0 Å². The summed E-state index contributed by atoms with van der Waals surface area (Å²) in [6.07, 6.45) is 2.79. The summed E-state index contributed by atoms with van der Waals surface area (Å²) in [7, 11) is -1.54. The van der Waals surface area contributed by atoms with Gasteiger partial charge in [0.05, 0.1) is 17.4 Å². The largest absolute Gasteiger partial charge is 0.493 e. The Morgan fingerprint density at radius 1 is 1.16 bits per heavy atom. The highest BCUT2D eigenvalue weighted by molar-refractivity contribution is 7.90. The molecule has 1 unspecified atom stereocenters. The van der Waals surface area contributed by atoms with E-state index in [0.717, 1.165) is 12.7 Å². The van der Waals surface area contributed by atoms with E-state index in [9.17, 15) is 18.0 Å². The molecule has 8 heteroatoms. The maximum absolute atomic E-state index is 12.8. The molecule has 1 fully saturated rings. The van der Waals surface area contributed by atoms with Crippen molar-refractivity contribution >= 4 is 21.7 Å². The molecule has 2 amide bonds. The average Bonchev–Trinajstić information content (AvgIpc) is 3.15. The van der Waals surface area contributed by atoms with Crippen LogP contribution in [0.4, 0.5) is 0 Å². The molecule has 0 aromatic heterocycles. The molecule has 0 saturated carbocycles. The van der Waals surface area contributed by atoms with E-state index in [-0.39, 0.29) is 29.0 Å². The number of ether oxygens (including phenoxy) is 1. The van der Waals surface area contributed by atoms with Gasteiger partial charge in [-0.1, -0.05) is 36.4 Å². The first-order valence-corrected chi connectivity index (χ1v) is 12.6. The van der Waals surface area contributed by atoms with E-state index in [0.29, 0.717) is 38.4 Å². The van der Waals surface area contributed by atoms with Crippen LogP contribution in [0.5, 0.6) is 5.75 Å². The van der Waals surface area contributed by atoms with Crippen molar-refractivity contribution in [3.8, 4) is 5.75 Å². The van der Waals surface area contributed by atoms with Crippen LogP contribution in [-0.2, 0) is 25.8 Å². The number of hydrogen-bond donors (Lipinski definition) is 0. The lowest BCUT2D eigenvalue weighted by atomic mass is 10.1. The number of carbonyl (C=O) groups excluding carboxylic acids is 2. The number of amides is 2. The number of nitrogens with zero attached hydrogens (tertiary/aromatic N) is 2. The topological polar surface area (TPSA) is 84.0 Å². The van der Waals surface area contributed by atoms with E-state index in [1.807, 2.05) is 30.3 Å². The summed E-state index contributed by atoms with van der Waals surface area (Å²) in [5, 5.41) is 0. The van der Waals surface area contributed by atoms with Crippen LogP contribution in [0.15, 0.2) is 59.5 Å². The van der Waals surface area contributed by atoms with E-state index in [1.165, 1.54) is 17.7 Å². The standard InChI is InChI=1S/C24H30N2O5S/c1-25(13-7-15-31-21-10-6-11-22(17-21)32(2,29)30)24(28)20-16-23(27)26(18-20)14-12-19-8-4-3-5-9-19/h3-6,8-11,17,20H,7,12-16,18H2,1-2H3. The van der Waals surface area contributed by atoms with Gasteiger partial charge in [-0.15, -0.1) is 0 Å². The summed E-state index contributed by atoms with van der Waals surface area (Å²) in [6, 6.07) is 16.4. The molecule has 3 rings (SSSR count). The van der Waals surface area contributed by atoms with Crippen molar-refractivity contribution < 1.29 is 22.7 Å². The third-order valence-electron chi connectivity index (χ3n) is 5.59. The van der Waals surface area contributed by atoms with Crippen molar-refractivity contribution in [2.45, 2.75) is 24.2 Å². The normalized spacial score (nSPS) is 16.2. The number of sulfone groups is 1. The minimum atomic E-state index is -3.28. The first kappa shape index (κ1) is 23.8. The average molecular weight is 459 g/mol. The predicted octanol–water partition coefficient (Wildman–Crippen LogP) is 2.41. The summed E-state index contributed by atoms with van der Waals surface area (Å²) in [6.45, 7) is 1.94. The zero-order valence-electron chi connectivity index (χ0n) is 18.6. The van der Waals surface area contributed by atoms with Crippen LogP contribution in [0.3, 0.4) is 0 Å². The summed E-state index contributed by atoms with van der Waals surface area (Å²) in [5.41, 5.74) is 1.18. The fraction of sp³-hybridized carbons (Fsp3) is 0.417. The van der Waals surface area contributed by atoms with Gasteiger partial charge < -0.3 is 14.5 Å². The summed E-state index contributed by atoms with van der Waals surface area (Å²) >= 11 is 0. The minimum Gasteiger partial charge on any atom is -0.493 e. The molecule has 172 valence electrons. The molecular weight excluding hydrogens is 428 g/mol. The molecular formula is C24H30N2O5S. The molecule has 1 aliphatic rings. The number of carbonyl (C=O) groups is 2. The lowest BCUT2D eigenvalue weighted by Crippen LogP contribution is -2.36. The summed E-state index contributed by atoms with van der Waals surface area (Å²) in [5.74, 6) is 0.175. The van der Waals surface area contributed by atoms with Crippen molar-refractivity contribution in [1.82, 2.24) is 9.80 Å². The molecule has 2 aromatic rings. The number of likely N-dealkylation sites (tertiary alicyclic amines) is 1. The van der Waals surface area contributed by atoms with Gasteiger partial charge in [-0.25, -0.2) is 8.42 Å². The van der Waals surface area contributed by atoms with Crippen LogP contribution in [0.2, 0.25) is 0 Å². The molecule has 1 heterocycles. The van der Waals surface area contributed by atoms with Crippen molar-refractivity contribution in [2.24, 2.45) is 5.92 Å². The van der Waals surface area contributed by atoms with Gasteiger partial charge in [0.15, 0.2) is 9.84 Å².